The molecule has 1 unspecified atom stereocenters. The van der Waals surface area contributed by atoms with E-state index in [0.717, 1.165) is 44.9 Å². The monoisotopic (exact) mass is 475 g/mol. The summed E-state index contributed by atoms with van der Waals surface area (Å²) in [4.78, 5) is 1.28. The van der Waals surface area contributed by atoms with Crippen molar-refractivity contribution in [1.82, 2.24) is 0 Å². The van der Waals surface area contributed by atoms with E-state index in [2.05, 4.69) is 0 Å². The molecule has 0 saturated carbocycles. The van der Waals surface area contributed by atoms with Gasteiger partial charge in [-0.05, 0) is 18.8 Å². The second-order valence-electron chi connectivity index (χ2n) is 8.21. The van der Waals surface area contributed by atoms with Crippen LogP contribution in [0.3, 0.4) is 0 Å². The second-order valence-corrected chi connectivity index (χ2v) is 8.21. The molecule has 1 aromatic rings. The van der Waals surface area contributed by atoms with Gasteiger partial charge in [-0.15, -0.1) is 0 Å². The molecular weight excluding hydrogens is 442 g/mol. The van der Waals surface area contributed by atoms with Gasteiger partial charge in [0.15, 0.2) is 17.5 Å². The lowest BCUT2D eigenvalue weighted by atomic mass is 9.95. The van der Waals surface area contributed by atoms with E-state index in [1.807, 2.05) is 20.8 Å². The van der Waals surface area contributed by atoms with Crippen LogP contribution < -0.4 is 4.90 Å². The number of anilines is 1. The fraction of sp³-hybridized carbons (Fsp3) is 0.739. The van der Waals surface area contributed by atoms with E-state index in [-0.39, 0.29) is 19.0 Å². The summed E-state index contributed by atoms with van der Waals surface area (Å²) in [5.74, 6) is -12.1. The van der Waals surface area contributed by atoms with Gasteiger partial charge in [0, 0.05) is 19.2 Å². The smallest absolute Gasteiger partial charge is 0.369 e. The summed E-state index contributed by atoms with van der Waals surface area (Å²) in [6, 6.07) is 0.382. The molecule has 0 saturated heterocycles. The number of nitrogens with zero attached hydrogens (tertiary/aromatic N) is 1. The minimum Gasteiger partial charge on any atom is -0.369 e. The molecule has 1 nitrogen and oxygen atoms in total. The number of unbranched alkanes of at least 4 members (excludes halogenated alkanes) is 4. The first-order chi connectivity index (χ1) is 14.9. The van der Waals surface area contributed by atoms with Gasteiger partial charge in [-0.3, -0.25) is 0 Å². The summed E-state index contributed by atoms with van der Waals surface area (Å²) in [5.41, 5.74) is -3.35. The Morgan fingerprint density at radius 1 is 0.781 bits per heavy atom. The molecule has 0 spiro atoms. The van der Waals surface area contributed by atoms with E-state index in [9.17, 15) is 35.1 Å². The van der Waals surface area contributed by atoms with Crippen molar-refractivity contribution in [1.29, 1.82) is 0 Å². The minimum absolute atomic E-state index is 0.142. The van der Waals surface area contributed by atoms with Crippen LogP contribution in [0.5, 0.6) is 0 Å². The minimum atomic E-state index is -6.26. The third-order valence-corrected chi connectivity index (χ3v) is 5.78. The van der Waals surface area contributed by atoms with Crippen molar-refractivity contribution >= 4 is 5.69 Å². The van der Waals surface area contributed by atoms with Gasteiger partial charge in [-0.25, -0.2) is 13.2 Å². The molecule has 1 rings (SSSR count). The summed E-state index contributed by atoms with van der Waals surface area (Å²) in [6.07, 6.45) is 0.944. The maximum Gasteiger partial charge on any atom is 0.458 e. The Morgan fingerprint density at radius 2 is 1.41 bits per heavy atom. The molecule has 1 atom stereocenters. The van der Waals surface area contributed by atoms with Crippen LogP contribution in [0.15, 0.2) is 6.07 Å². The van der Waals surface area contributed by atoms with Crippen molar-refractivity contribution in [2.75, 3.05) is 18.0 Å². The lowest BCUT2D eigenvalue weighted by molar-refractivity contribution is -0.291. The molecule has 0 aromatic heterocycles. The summed E-state index contributed by atoms with van der Waals surface area (Å²) < 4.78 is 109. The lowest BCUT2D eigenvalue weighted by Crippen LogP contribution is -2.37. The Morgan fingerprint density at radius 3 is 1.94 bits per heavy atom. The van der Waals surface area contributed by atoms with Crippen LogP contribution in [0.2, 0.25) is 0 Å². The van der Waals surface area contributed by atoms with Gasteiger partial charge in [0.05, 0.1) is 5.69 Å². The molecule has 0 fully saturated rings. The van der Waals surface area contributed by atoms with E-state index in [1.165, 1.54) is 4.90 Å². The third-order valence-electron chi connectivity index (χ3n) is 5.78. The lowest BCUT2D eigenvalue weighted by Gasteiger charge is -2.29. The second kappa shape index (κ2) is 12.6. The van der Waals surface area contributed by atoms with Crippen LogP contribution in [0, 0.1) is 23.4 Å². The van der Waals surface area contributed by atoms with Gasteiger partial charge in [-0.2, -0.15) is 22.0 Å². The number of benzene rings is 1. The number of rotatable bonds is 14. The van der Waals surface area contributed by atoms with Crippen molar-refractivity contribution in [2.24, 2.45) is 5.92 Å². The highest BCUT2D eigenvalue weighted by atomic mass is 19.4. The zero-order chi connectivity index (χ0) is 24.5. The Hall–Kier alpha value is -1.54. The van der Waals surface area contributed by atoms with E-state index >= 15 is 0 Å². The van der Waals surface area contributed by atoms with Crippen molar-refractivity contribution < 1.29 is 35.1 Å². The van der Waals surface area contributed by atoms with Crippen LogP contribution in [-0.4, -0.2) is 19.3 Å². The summed E-state index contributed by atoms with van der Waals surface area (Å²) in [7, 11) is 0. The normalized spacial score (nSPS) is 13.5. The number of hydrogen-bond acceptors (Lipinski definition) is 1. The SMILES string of the molecule is CCCCCCN(CCC(CC)CCCC)c1cc(F)c(F)c(C(F)(F)C(F)(F)F)c1F. The Balaban J connectivity index is 3.35. The van der Waals surface area contributed by atoms with Crippen LogP contribution in [0.4, 0.5) is 40.8 Å². The van der Waals surface area contributed by atoms with E-state index in [4.69, 9.17) is 0 Å². The first-order valence-corrected chi connectivity index (χ1v) is 11.3. The standard InChI is InChI=1S/C23H33F8N/c1-4-7-9-10-13-32(14-12-16(6-3)11-8-5-2)18-15-17(24)20(25)19(21(18)26)22(27,28)23(29,30)31/h15-16H,4-14H2,1-3H3. The Kier molecular flexibility index (Phi) is 11.2. The predicted molar refractivity (Wildman–Crippen MR) is 111 cm³/mol. The van der Waals surface area contributed by atoms with Gasteiger partial charge in [0.2, 0.25) is 0 Å². The molecule has 0 N–H and O–H groups in total. The topological polar surface area (TPSA) is 3.24 Å². The Bertz CT molecular complexity index is 702. The molecule has 9 heteroatoms. The third kappa shape index (κ3) is 7.24. The molecule has 0 radical (unpaired) electrons. The van der Waals surface area contributed by atoms with Gasteiger partial charge < -0.3 is 4.90 Å². The van der Waals surface area contributed by atoms with Gasteiger partial charge in [0.25, 0.3) is 0 Å². The van der Waals surface area contributed by atoms with E-state index < -0.39 is 40.8 Å². The van der Waals surface area contributed by atoms with Crippen molar-refractivity contribution in [3.63, 3.8) is 0 Å². The molecule has 0 heterocycles. The van der Waals surface area contributed by atoms with Gasteiger partial charge >= 0.3 is 12.1 Å². The highest BCUT2D eigenvalue weighted by Gasteiger charge is 2.62. The summed E-state index contributed by atoms with van der Waals surface area (Å²) in [5, 5.41) is 0. The average Bonchev–Trinajstić information content (AvgIpc) is 2.71. The first-order valence-electron chi connectivity index (χ1n) is 11.3. The molecule has 0 amide bonds. The molecule has 0 aliphatic heterocycles. The van der Waals surface area contributed by atoms with Gasteiger partial charge in [0.1, 0.15) is 5.56 Å². The van der Waals surface area contributed by atoms with Crippen LogP contribution in [0.1, 0.15) is 84.1 Å². The fourth-order valence-electron chi connectivity index (χ4n) is 3.70. The van der Waals surface area contributed by atoms with Crippen molar-refractivity contribution in [3.05, 3.63) is 29.1 Å². The molecular formula is C23H33F8N. The molecule has 32 heavy (non-hydrogen) atoms. The largest absolute Gasteiger partial charge is 0.458 e. The molecule has 0 aliphatic carbocycles. The Labute approximate surface area is 185 Å². The summed E-state index contributed by atoms with van der Waals surface area (Å²) in [6.45, 7) is 6.27. The van der Waals surface area contributed by atoms with Crippen molar-refractivity contribution in [3.8, 4) is 0 Å². The molecule has 0 bridgehead atoms. The molecule has 0 aliphatic rings. The van der Waals surface area contributed by atoms with Gasteiger partial charge in [-0.1, -0.05) is 65.7 Å². The average molecular weight is 476 g/mol. The van der Waals surface area contributed by atoms with E-state index in [1.54, 1.807) is 0 Å². The predicted octanol–water partition coefficient (Wildman–Crippen LogP) is 8.75. The number of hydrogen-bond donors (Lipinski definition) is 0. The van der Waals surface area contributed by atoms with Crippen LogP contribution in [-0.2, 0) is 5.92 Å². The highest BCUT2D eigenvalue weighted by Crippen LogP contribution is 2.47. The quantitative estimate of drug-likeness (QED) is 0.148. The number of halogens is 8. The summed E-state index contributed by atoms with van der Waals surface area (Å²) >= 11 is 0. The first kappa shape index (κ1) is 28.5. The van der Waals surface area contributed by atoms with E-state index in [0.29, 0.717) is 18.9 Å². The molecule has 186 valence electrons. The van der Waals surface area contributed by atoms with Crippen molar-refractivity contribution in [2.45, 2.75) is 90.7 Å². The maximum atomic E-state index is 14.9. The fourth-order valence-corrected chi connectivity index (χ4v) is 3.70. The highest BCUT2D eigenvalue weighted by molar-refractivity contribution is 5.52. The molecule has 1 aromatic carbocycles. The van der Waals surface area contributed by atoms with Crippen LogP contribution in [0.25, 0.3) is 0 Å². The van der Waals surface area contributed by atoms with Crippen LogP contribution >= 0.6 is 0 Å². The number of alkyl halides is 5. The zero-order valence-electron chi connectivity index (χ0n) is 18.9. The maximum absolute atomic E-state index is 14.9. The zero-order valence-corrected chi connectivity index (χ0v) is 18.9.